The Bertz CT molecular complexity index is 1010. The highest BCUT2D eigenvalue weighted by Crippen LogP contribution is 2.68. The Morgan fingerprint density at radius 2 is 1.78 bits per heavy atom. The fourth-order valence-corrected chi connectivity index (χ4v) is 9.39. The standard InChI is InChI=1S/C29H44O8/c1-14-16(15(2)37-25(14)34)10-24(33)28(5,35)23-7-9-29(36)18-11-20(30)19-12-21(31)22(32)13-26(19,3)17(18)6-8-27(23,29)4/h11,14-17,19,21-24,31-33,35-36H,6-10,12-13H2,1-5H3/t14-,15+,16+,17-,19+,21+,22-,23-,24-,26-,27-,28-,29-/m1/s1. The second-order valence-electron chi connectivity index (χ2n) is 13.7. The van der Waals surface area contributed by atoms with Crippen LogP contribution in [0.15, 0.2) is 11.6 Å². The van der Waals surface area contributed by atoms with E-state index in [1.807, 2.05) is 20.8 Å². The highest BCUT2D eigenvalue weighted by Gasteiger charge is 2.69. The van der Waals surface area contributed by atoms with Crippen molar-refractivity contribution in [1.29, 1.82) is 0 Å². The first-order valence-corrected chi connectivity index (χ1v) is 14.0. The van der Waals surface area contributed by atoms with Crippen molar-refractivity contribution in [3.8, 4) is 0 Å². The van der Waals surface area contributed by atoms with Gasteiger partial charge >= 0.3 is 5.97 Å². The van der Waals surface area contributed by atoms with E-state index >= 15 is 0 Å². The Hall–Kier alpha value is -1.32. The maximum atomic E-state index is 13.3. The number of fused-ring (bicyclic) bond motifs is 5. The van der Waals surface area contributed by atoms with E-state index in [9.17, 15) is 35.1 Å². The number of aliphatic hydroxyl groups excluding tert-OH is 3. The number of aliphatic hydroxyl groups is 5. The minimum Gasteiger partial charge on any atom is -0.462 e. The van der Waals surface area contributed by atoms with Gasteiger partial charge in [-0.1, -0.05) is 20.8 Å². The van der Waals surface area contributed by atoms with E-state index in [4.69, 9.17) is 4.74 Å². The zero-order valence-corrected chi connectivity index (χ0v) is 22.7. The first-order chi connectivity index (χ1) is 17.1. The van der Waals surface area contributed by atoms with Gasteiger partial charge in [0.2, 0.25) is 0 Å². The number of esters is 1. The number of carbonyl (C=O) groups excluding carboxylic acids is 2. The van der Waals surface area contributed by atoms with Crippen LogP contribution < -0.4 is 0 Å². The van der Waals surface area contributed by atoms with Gasteiger partial charge in [-0.15, -0.1) is 0 Å². The average Bonchev–Trinajstić information content (AvgIpc) is 3.23. The van der Waals surface area contributed by atoms with Crippen LogP contribution >= 0.6 is 0 Å². The first-order valence-electron chi connectivity index (χ1n) is 14.0. The van der Waals surface area contributed by atoms with Gasteiger partial charge in [-0.2, -0.15) is 0 Å². The molecular formula is C29H44O8. The molecule has 0 amide bonds. The highest BCUT2D eigenvalue weighted by molar-refractivity contribution is 5.95. The molecule has 0 aromatic carbocycles. The fourth-order valence-electron chi connectivity index (χ4n) is 9.39. The minimum absolute atomic E-state index is 0.104. The van der Waals surface area contributed by atoms with Crippen LogP contribution in [0, 0.1) is 40.4 Å². The van der Waals surface area contributed by atoms with E-state index in [2.05, 4.69) is 0 Å². The Balaban J connectivity index is 1.44. The Kier molecular flexibility index (Phi) is 6.33. The smallest absolute Gasteiger partial charge is 0.309 e. The molecule has 0 spiro atoms. The lowest BCUT2D eigenvalue weighted by atomic mass is 9.45. The number of carbonyl (C=O) groups is 2. The number of hydrogen-bond acceptors (Lipinski definition) is 8. The Labute approximate surface area is 219 Å². The van der Waals surface area contributed by atoms with Crippen molar-refractivity contribution in [2.45, 2.75) is 115 Å². The second-order valence-corrected chi connectivity index (χ2v) is 13.7. The van der Waals surface area contributed by atoms with Crippen LogP contribution in [-0.4, -0.2) is 72.9 Å². The normalized spacial score (nSPS) is 51.9. The van der Waals surface area contributed by atoms with Gasteiger partial charge in [0.15, 0.2) is 5.78 Å². The van der Waals surface area contributed by atoms with Crippen LogP contribution in [0.3, 0.4) is 0 Å². The molecule has 1 heterocycles. The van der Waals surface area contributed by atoms with Gasteiger partial charge in [-0.05, 0) is 87.7 Å². The van der Waals surface area contributed by atoms with Gasteiger partial charge in [-0.3, -0.25) is 9.59 Å². The summed E-state index contributed by atoms with van der Waals surface area (Å²) in [7, 11) is 0. The number of cyclic esters (lactones) is 1. The van der Waals surface area contributed by atoms with Crippen molar-refractivity contribution in [3.05, 3.63) is 11.6 Å². The van der Waals surface area contributed by atoms with Crippen molar-refractivity contribution in [3.63, 3.8) is 0 Å². The molecule has 0 unspecified atom stereocenters. The summed E-state index contributed by atoms with van der Waals surface area (Å²) in [5.74, 6) is -1.88. The molecule has 0 aromatic heterocycles. The summed E-state index contributed by atoms with van der Waals surface area (Å²) in [5, 5.41) is 56.2. The molecule has 208 valence electrons. The van der Waals surface area contributed by atoms with E-state index in [1.54, 1.807) is 19.9 Å². The van der Waals surface area contributed by atoms with Crippen LogP contribution in [0.5, 0.6) is 0 Å². The average molecular weight is 521 g/mol. The monoisotopic (exact) mass is 520 g/mol. The van der Waals surface area contributed by atoms with Crippen molar-refractivity contribution in [2.75, 3.05) is 0 Å². The van der Waals surface area contributed by atoms with Crippen molar-refractivity contribution >= 4 is 11.8 Å². The topological polar surface area (TPSA) is 145 Å². The van der Waals surface area contributed by atoms with Crippen LogP contribution in [-0.2, 0) is 14.3 Å². The largest absolute Gasteiger partial charge is 0.462 e. The zero-order valence-electron chi connectivity index (χ0n) is 22.7. The third-order valence-corrected chi connectivity index (χ3v) is 11.9. The Morgan fingerprint density at radius 3 is 2.41 bits per heavy atom. The lowest BCUT2D eigenvalue weighted by molar-refractivity contribution is -0.178. The van der Waals surface area contributed by atoms with E-state index < -0.39 is 52.2 Å². The van der Waals surface area contributed by atoms with Gasteiger partial charge in [0.1, 0.15) is 6.10 Å². The van der Waals surface area contributed by atoms with Crippen LogP contribution in [0.1, 0.15) is 79.6 Å². The maximum absolute atomic E-state index is 13.3. The third-order valence-electron chi connectivity index (χ3n) is 11.9. The summed E-state index contributed by atoms with van der Waals surface area (Å²) < 4.78 is 5.34. The van der Waals surface area contributed by atoms with Crippen LogP contribution in [0.4, 0.5) is 0 Å². The van der Waals surface area contributed by atoms with E-state index in [-0.39, 0.29) is 48.5 Å². The van der Waals surface area contributed by atoms with Crippen LogP contribution in [0.2, 0.25) is 0 Å². The molecule has 1 aliphatic heterocycles. The molecule has 0 bridgehead atoms. The fraction of sp³-hybridized carbons (Fsp3) is 0.862. The van der Waals surface area contributed by atoms with Crippen molar-refractivity contribution in [1.82, 2.24) is 0 Å². The summed E-state index contributed by atoms with van der Waals surface area (Å²) >= 11 is 0. The van der Waals surface area contributed by atoms with Gasteiger partial charge in [0, 0.05) is 17.3 Å². The molecule has 3 saturated carbocycles. The van der Waals surface area contributed by atoms with Crippen molar-refractivity contribution in [2.24, 2.45) is 40.4 Å². The molecule has 4 fully saturated rings. The van der Waals surface area contributed by atoms with E-state index in [1.165, 1.54) is 0 Å². The third kappa shape index (κ3) is 3.65. The molecule has 13 atom stereocenters. The molecule has 5 rings (SSSR count). The lowest BCUT2D eigenvalue weighted by Gasteiger charge is -2.60. The molecule has 5 aliphatic rings. The van der Waals surface area contributed by atoms with E-state index in [0.29, 0.717) is 37.7 Å². The van der Waals surface area contributed by atoms with Crippen molar-refractivity contribution < 1.29 is 39.9 Å². The second kappa shape index (κ2) is 8.59. The first kappa shape index (κ1) is 27.3. The highest BCUT2D eigenvalue weighted by atomic mass is 16.6. The molecule has 0 aromatic rings. The van der Waals surface area contributed by atoms with Gasteiger partial charge in [0.25, 0.3) is 0 Å². The number of allylic oxidation sites excluding steroid dienone is 1. The Morgan fingerprint density at radius 1 is 1.11 bits per heavy atom. The predicted octanol–water partition coefficient (Wildman–Crippen LogP) is 1.89. The van der Waals surface area contributed by atoms with Gasteiger partial charge < -0.3 is 30.3 Å². The predicted molar refractivity (Wildman–Crippen MR) is 134 cm³/mol. The number of ketones is 1. The summed E-state index contributed by atoms with van der Waals surface area (Å²) in [6.45, 7) is 9.21. The molecular weight excluding hydrogens is 476 g/mol. The molecule has 8 nitrogen and oxygen atoms in total. The maximum Gasteiger partial charge on any atom is 0.309 e. The summed E-state index contributed by atoms with van der Waals surface area (Å²) in [5.41, 5.74) is -3.47. The van der Waals surface area contributed by atoms with Gasteiger partial charge in [0.05, 0.1) is 35.4 Å². The quantitative estimate of drug-likeness (QED) is 0.354. The van der Waals surface area contributed by atoms with E-state index in [0.717, 1.165) is 0 Å². The number of ether oxygens (including phenoxy) is 1. The molecule has 8 heteroatoms. The summed E-state index contributed by atoms with van der Waals surface area (Å²) in [6.07, 6.45) is 1.21. The summed E-state index contributed by atoms with van der Waals surface area (Å²) in [4.78, 5) is 25.4. The minimum atomic E-state index is -1.52. The molecule has 0 radical (unpaired) electrons. The van der Waals surface area contributed by atoms with Crippen LogP contribution in [0.25, 0.3) is 0 Å². The SMILES string of the molecule is C[C@@H]1OC(=O)[C@H](C)[C@@H]1C[C@@H](O)[C@](C)(O)[C@@H]1CC[C@@]2(O)C3=CC(=O)[C@@H]4C[C@H](O)[C@H](O)C[C@]4(C)[C@@H]3CC[C@]12C. The zero-order chi connectivity index (χ0) is 27.3. The number of rotatable bonds is 4. The molecule has 5 N–H and O–H groups in total. The molecule has 1 saturated heterocycles. The lowest BCUT2D eigenvalue weighted by Crippen LogP contribution is -2.63. The van der Waals surface area contributed by atoms with Gasteiger partial charge in [-0.25, -0.2) is 0 Å². The molecule has 4 aliphatic carbocycles. The summed E-state index contributed by atoms with van der Waals surface area (Å²) in [6, 6.07) is 0. The molecule has 37 heavy (non-hydrogen) atoms. The number of hydrogen-bond donors (Lipinski definition) is 5.